The van der Waals surface area contributed by atoms with E-state index in [1.165, 1.54) is 26.2 Å². The Balaban J connectivity index is 1.55. The van der Waals surface area contributed by atoms with Gasteiger partial charge in [-0.15, -0.1) is 0 Å². The maximum atomic E-state index is 13.2. The van der Waals surface area contributed by atoms with E-state index in [0.29, 0.717) is 22.8 Å². The summed E-state index contributed by atoms with van der Waals surface area (Å²) in [4.78, 5) is 24.9. The van der Waals surface area contributed by atoms with E-state index in [0.717, 1.165) is 17.9 Å². The van der Waals surface area contributed by atoms with E-state index in [9.17, 15) is 9.59 Å². The van der Waals surface area contributed by atoms with Gasteiger partial charge < -0.3 is 9.47 Å². The molecule has 0 aliphatic heterocycles. The average molecular weight is 421 g/mol. The Labute approximate surface area is 185 Å². The van der Waals surface area contributed by atoms with Crippen molar-refractivity contribution in [3.8, 4) is 0 Å². The van der Waals surface area contributed by atoms with Crippen molar-refractivity contribution in [2.24, 2.45) is 23.2 Å². The van der Waals surface area contributed by atoms with Crippen molar-refractivity contribution in [3.05, 3.63) is 71.8 Å². The van der Waals surface area contributed by atoms with E-state index >= 15 is 0 Å². The Morgan fingerprint density at radius 2 is 1.55 bits per heavy atom. The van der Waals surface area contributed by atoms with Crippen LogP contribution in [0.25, 0.3) is 0 Å². The molecule has 2 bridgehead atoms. The van der Waals surface area contributed by atoms with Crippen molar-refractivity contribution in [3.63, 3.8) is 0 Å². The molecule has 0 saturated heterocycles. The Hall–Kier alpha value is -2.62. The van der Waals surface area contributed by atoms with Crippen LogP contribution in [0.15, 0.2) is 60.7 Å². The number of hydrogen-bond acceptors (Lipinski definition) is 4. The van der Waals surface area contributed by atoms with Crippen molar-refractivity contribution >= 4 is 11.9 Å². The lowest BCUT2D eigenvalue weighted by atomic mass is 9.45. The molecule has 164 valence electrons. The zero-order valence-electron chi connectivity index (χ0n) is 18.6. The molecule has 3 aliphatic rings. The number of carbonyl (C=O) groups is 2. The summed E-state index contributed by atoms with van der Waals surface area (Å²) in [5.74, 6) is 1.02. The molecule has 0 unspecified atom stereocenters. The highest BCUT2D eigenvalue weighted by molar-refractivity contribution is 5.80. The highest BCUT2D eigenvalue weighted by Gasteiger charge is 2.54. The molecule has 0 amide bonds. The Morgan fingerprint density at radius 1 is 0.935 bits per heavy atom. The highest BCUT2D eigenvalue weighted by atomic mass is 16.6. The molecule has 3 fully saturated rings. The summed E-state index contributed by atoms with van der Waals surface area (Å²) in [5, 5.41) is 0. The fraction of sp³-hybridized carbons (Fsp3) is 0.481. The van der Waals surface area contributed by atoms with E-state index in [4.69, 9.17) is 9.47 Å². The largest absolute Gasteiger partial charge is 0.454 e. The number of esters is 2. The molecule has 31 heavy (non-hydrogen) atoms. The maximum absolute atomic E-state index is 13.2. The van der Waals surface area contributed by atoms with Gasteiger partial charge >= 0.3 is 11.9 Å². The van der Waals surface area contributed by atoms with Crippen molar-refractivity contribution in [1.82, 2.24) is 0 Å². The molecular weight excluding hydrogens is 388 g/mol. The minimum atomic E-state index is -1.05. The molecule has 2 aromatic carbocycles. The van der Waals surface area contributed by atoms with Gasteiger partial charge in [-0.1, -0.05) is 74.5 Å². The van der Waals surface area contributed by atoms with Gasteiger partial charge in [-0.2, -0.15) is 0 Å². The molecule has 5 atom stereocenters. The second-order valence-corrected chi connectivity index (χ2v) is 9.67. The Morgan fingerprint density at radius 3 is 2.10 bits per heavy atom. The van der Waals surface area contributed by atoms with E-state index < -0.39 is 18.0 Å². The van der Waals surface area contributed by atoms with E-state index in [-0.39, 0.29) is 6.10 Å². The van der Waals surface area contributed by atoms with E-state index in [1.54, 1.807) is 12.1 Å². The predicted octanol–water partition coefficient (Wildman–Crippen LogP) is 6.04. The van der Waals surface area contributed by atoms with Crippen LogP contribution in [0.4, 0.5) is 0 Å². The summed E-state index contributed by atoms with van der Waals surface area (Å²) in [7, 11) is 0. The molecule has 0 N–H and O–H groups in total. The first kappa shape index (κ1) is 21.6. The van der Waals surface area contributed by atoms with Crippen LogP contribution in [0, 0.1) is 23.2 Å². The molecule has 0 heterocycles. The van der Waals surface area contributed by atoms with Crippen LogP contribution in [-0.2, 0) is 19.1 Å². The minimum absolute atomic E-state index is 0.353. The fourth-order valence-electron chi connectivity index (χ4n) is 5.69. The van der Waals surface area contributed by atoms with Gasteiger partial charge in [-0.3, -0.25) is 4.79 Å². The molecular formula is C27H32O4. The normalized spacial score (nSPS) is 25.6. The number of ether oxygens (including phenoxy) is 2. The van der Waals surface area contributed by atoms with Crippen LogP contribution >= 0.6 is 0 Å². The third kappa shape index (κ3) is 4.53. The van der Waals surface area contributed by atoms with Gasteiger partial charge in [0.2, 0.25) is 6.10 Å². The van der Waals surface area contributed by atoms with Gasteiger partial charge in [0.1, 0.15) is 6.10 Å². The third-order valence-electron chi connectivity index (χ3n) is 7.55. The van der Waals surface area contributed by atoms with Crippen LogP contribution in [0.3, 0.4) is 0 Å². The molecule has 0 spiro atoms. The molecule has 4 nitrogen and oxygen atoms in total. The topological polar surface area (TPSA) is 52.6 Å². The first-order valence-corrected chi connectivity index (χ1v) is 11.3. The highest BCUT2D eigenvalue weighted by Crippen LogP contribution is 2.62. The van der Waals surface area contributed by atoms with Crippen LogP contribution in [0.1, 0.15) is 69.8 Å². The van der Waals surface area contributed by atoms with Crippen molar-refractivity contribution < 1.29 is 19.1 Å². The Bertz CT molecular complexity index is 903. The van der Waals surface area contributed by atoms with Gasteiger partial charge in [0.05, 0.1) is 0 Å². The summed E-state index contributed by atoms with van der Waals surface area (Å²) in [6, 6.07) is 19.0. The second-order valence-electron chi connectivity index (χ2n) is 9.67. The first-order chi connectivity index (χ1) is 14.9. The van der Waals surface area contributed by atoms with Gasteiger partial charge in [0.15, 0.2) is 0 Å². The van der Waals surface area contributed by atoms with Gasteiger partial charge in [-0.05, 0) is 54.4 Å². The third-order valence-corrected chi connectivity index (χ3v) is 7.55. The zero-order chi connectivity index (χ0) is 22.0. The number of hydrogen-bond donors (Lipinski definition) is 0. The molecule has 5 rings (SSSR count). The molecule has 2 aromatic rings. The van der Waals surface area contributed by atoms with Gasteiger partial charge in [0, 0.05) is 12.5 Å². The van der Waals surface area contributed by atoms with E-state index in [2.05, 4.69) is 13.8 Å². The lowest BCUT2D eigenvalue weighted by Gasteiger charge is -2.60. The molecule has 4 heteroatoms. The molecule has 3 aliphatic carbocycles. The van der Waals surface area contributed by atoms with Crippen LogP contribution in [-0.4, -0.2) is 11.9 Å². The summed E-state index contributed by atoms with van der Waals surface area (Å²) in [6.45, 7) is 6.08. The average Bonchev–Trinajstić information content (AvgIpc) is 2.78. The smallest absolute Gasteiger partial charge is 0.352 e. The minimum Gasteiger partial charge on any atom is -0.454 e. The van der Waals surface area contributed by atoms with Crippen LogP contribution in [0.2, 0.25) is 0 Å². The second kappa shape index (κ2) is 8.86. The lowest BCUT2D eigenvalue weighted by Crippen LogP contribution is -2.52. The Kier molecular flexibility index (Phi) is 6.17. The molecule has 0 aromatic heterocycles. The first-order valence-electron chi connectivity index (χ1n) is 11.3. The monoisotopic (exact) mass is 420 g/mol. The van der Waals surface area contributed by atoms with Gasteiger partial charge in [-0.25, -0.2) is 4.79 Å². The molecule has 0 radical (unpaired) electrons. The van der Waals surface area contributed by atoms with Crippen molar-refractivity contribution in [1.29, 1.82) is 0 Å². The van der Waals surface area contributed by atoms with Crippen molar-refractivity contribution in [2.75, 3.05) is 0 Å². The van der Waals surface area contributed by atoms with Gasteiger partial charge in [0.25, 0.3) is 0 Å². The fourth-order valence-corrected chi connectivity index (χ4v) is 5.69. The van der Waals surface area contributed by atoms with Crippen molar-refractivity contribution in [2.45, 2.75) is 58.7 Å². The lowest BCUT2D eigenvalue weighted by molar-refractivity contribution is -0.174. The predicted molar refractivity (Wildman–Crippen MR) is 119 cm³/mol. The number of rotatable bonds is 7. The molecule has 3 saturated carbocycles. The number of benzene rings is 2. The summed E-state index contributed by atoms with van der Waals surface area (Å²) in [6.07, 6.45) is 3.12. The quantitative estimate of drug-likeness (QED) is 0.513. The SMILES string of the molecule is CC(=O)O[C@H](C(=O)O[C@@H](C[C@@H]1CC[C@H]2C[C@@H]1C2(C)C)c1ccccc1)c1ccccc1. The summed E-state index contributed by atoms with van der Waals surface area (Å²) < 4.78 is 11.4. The standard InChI is InChI=1S/C27H32O4/c1-18(28)30-25(20-12-8-5-9-13-20)26(29)31-24(19-10-6-4-7-11-19)16-21-14-15-22-17-23(21)27(22,2)3/h4-13,21-25H,14-17H2,1-3H3/t21-,22-,23-,24-,25-/m0/s1. The van der Waals surface area contributed by atoms with Crippen LogP contribution < -0.4 is 0 Å². The van der Waals surface area contributed by atoms with E-state index in [1.807, 2.05) is 48.5 Å². The number of carbonyl (C=O) groups excluding carboxylic acids is 2. The van der Waals surface area contributed by atoms with Crippen LogP contribution in [0.5, 0.6) is 0 Å². The summed E-state index contributed by atoms with van der Waals surface area (Å²) in [5.41, 5.74) is 1.98. The maximum Gasteiger partial charge on any atom is 0.352 e. The summed E-state index contributed by atoms with van der Waals surface area (Å²) >= 11 is 0. The number of fused-ring (bicyclic) bond motifs is 2. The zero-order valence-corrected chi connectivity index (χ0v) is 18.6.